The van der Waals surface area contributed by atoms with Crippen LogP contribution in [0.5, 0.6) is 0 Å². The van der Waals surface area contributed by atoms with Gasteiger partial charge >= 0.3 is 5.97 Å². The van der Waals surface area contributed by atoms with Gasteiger partial charge in [-0.15, -0.1) is 0 Å². The number of amides is 2. The Morgan fingerprint density at radius 2 is 1.74 bits per heavy atom. The van der Waals surface area contributed by atoms with Crippen molar-refractivity contribution in [1.82, 2.24) is 5.32 Å². The smallest absolute Gasteiger partial charge is 0.314 e. The van der Waals surface area contributed by atoms with Crippen LogP contribution in [0.3, 0.4) is 0 Å². The van der Waals surface area contributed by atoms with Crippen LogP contribution in [0.25, 0.3) is 0 Å². The lowest BCUT2D eigenvalue weighted by molar-refractivity contribution is -0.142. The number of methoxy groups -OCH3 is 1. The van der Waals surface area contributed by atoms with Gasteiger partial charge in [-0.2, -0.15) is 0 Å². The molecular formula is C24H20N2O4S. The molecule has 0 aromatic heterocycles. The van der Waals surface area contributed by atoms with Gasteiger partial charge in [-0.05, 0) is 35.9 Å². The van der Waals surface area contributed by atoms with Crippen LogP contribution in [-0.2, 0) is 9.53 Å². The number of hydrogen-bond donors (Lipinski definition) is 2. The van der Waals surface area contributed by atoms with Crippen LogP contribution in [0.15, 0.2) is 82.6 Å². The second-order valence-corrected chi connectivity index (χ2v) is 8.04. The topological polar surface area (TPSA) is 84.5 Å². The summed E-state index contributed by atoms with van der Waals surface area (Å²) in [6, 6.07) is 21.7. The minimum atomic E-state index is -0.610. The molecule has 1 atom stereocenters. The average molecular weight is 433 g/mol. The molecule has 0 bridgehead atoms. The number of benzene rings is 3. The first-order chi connectivity index (χ1) is 15.1. The second-order valence-electron chi connectivity index (χ2n) is 6.96. The van der Waals surface area contributed by atoms with Crippen molar-refractivity contribution in [1.29, 1.82) is 0 Å². The average Bonchev–Trinajstić information content (AvgIpc) is 2.94. The minimum absolute atomic E-state index is 0.0964. The molecule has 4 rings (SSSR count). The molecule has 3 aromatic rings. The number of hydrogen-bond acceptors (Lipinski definition) is 5. The van der Waals surface area contributed by atoms with Crippen molar-refractivity contribution in [2.45, 2.75) is 15.7 Å². The van der Waals surface area contributed by atoms with Crippen molar-refractivity contribution < 1.29 is 19.1 Å². The molecule has 3 aromatic carbocycles. The van der Waals surface area contributed by atoms with Crippen molar-refractivity contribution in [3.63, 3.8) is 0 Å². The zero-order valence-electron chi connectivity index (χ0n) is 16.8. The third-order valence-corrected chi connectivity index (χ3v) is 6.15. The summed E-state index contributed by atoms with van der Waals surface area (Å²) >= 11 is 1.47. The predicted octanol–water partition coefficient (Wildman–Crippen LogP) is 4.09. The lowest BCUT2D eigenvalue weighted by Crippen LogP contribution is -2.32. The molecule has 0 saturated carbocycles. The Bertz CT molecular complexity index is 1150. The highest BCUT2D eigenvalue weighted by molar-refractivity contribution is 7.99. The number of carbonyl (C=O) groups is 3. The van der Waals surface area contributed by atoms with Crippen molar-refractivity contribution in [2.24, 2.45) is 0 Å². The normalized spacial score (nSPS) is 13.1. The fourth-order valence-electron chi connectivity index (χ4n) is 3.37. The molecule has 2 N–H and O–H groups in total. The van der Waals surface area contributed by atoms with E-state index in [-0.39, 0.29) is 18.4 Å². The third kappa shape index (κ3) is 4.46. The predicted molar refractivity (Wildman–Crippen MR) is 118 cm³/mol. The van der Waals surface area contributed by atoms with Crippen LogP contribution in [0, 0.1) is 0 Å². The van der Waals surface area contributed by atoms with Crippen molar-refractivity contribution in [2.75, 3.05) is 19.0 Å². The molecule has 0 radical (unpaired) electrons. The van der Waals surface area contributed by atoms with Gasteiger partial charge in [0.05, 0.1) is 24.3 Å². The Morgan fingerprint density at radius 3 is 2.52 bits per heavy atom. The number of esters is 1. The molecule has 0 saturated heterocycles. The fraction of sp³-hybridized carbons (Fsp3) is 0.125. The van der Waals surface area contributed by atoms with Gasteiger partial charge in [0.25, 0.3) is 11.8 Å². The first kappa shape index (κ1) is 20.7. The van der Waals surface area contributed by atoms with Crippen molar-refractivity contribution >= 4 is 35.2 Å². The van der Waals surface area contributed by atoms with Gasteiger partial charge < -0.3 is 15.4 Å². The van der Waals surface area contributed by atoms with Gasteiger partial charge in [0.2, 0.25) is 0 Å². The van der Waals surface area contributed by atoms with Crippen LogP contribution in [0.2, 0.25) is 0 Å². The molecule has 7 heteroatoms. The van der Waals surface area contributed by atoms with Crippen molar-refractivity contribution in [3.8, 4) is 0 Å². The van der Waals surface area contributed by atoms with Crippen LogP contribution < -0.4 is 10.6 Å². The molecule has 0 aliphatic carbocycles. The Kier molecular flexibility index (Phi) is 6.04. The largest absolute Gasteiger partial charge is 0.468 e. The molecule has 1 aliphatic heterocycles. The van der Waals surface area contributed by atoms with E-state index < -0.39 is 11.9 Å². The Morgan fingerprint density at radius 1 is 1.00 bits per heavy atom. The highest BCUT2D eigenvalue weighted by atomic mass is 32.2. The van der Waals surface area contributed by atoms with Gasteiger partial charge in [0.15, 0.2) is 0 Å². The van der Waals surface area contributed by atoms with Crippen LogP contribution >= 0.6 is 11.8 Å². The summed E-state index contributed by atoms with van der Waals surface area (Å²) in [4.78, 5) is 39.3. The second kappa shape index (κ2) is 9.06. The van der Waals surface area contributed by atoms with Crippen LogP contribution in [0.1, 0.15) is 32.2 Å². The fourth-order valence-corrected chi connectivity index (χ4v) is 4.38. The zero-order valence-corrected chi connectivity index (χ0v) is 17.6. The highest BCUT2D eigenvalue weighted by Gasteiger charge is 2.24. The molecule has 156 valence electrons. The van der Waals surface area contributed by atoms with E-state index in [0.717, 1.165) is 15.4 Å². The summed E-state index contributed by atoms with van der Waals surface area (Å²) in [6.45, 7) is 0.0964. The SMILES string of the molecule is COC(=O)C(CNC(=O)c1ccc2c(c1)NC(=O)c1ccccc1S2)c1ccccc1. The van der Waals surface area contributed by atoms with E-state index in [1.807, 2.05) is 54.6 Å². The summed E-state index contributed by atoms with van der Waals surface area (Å²) in [5, 5.41) is 5.68. The van der Waals surface area contributed by atoms with E-state index in [4.69, 9.17) is 4.74 Å². The third-order valence-electron chi connectivity index (χ3n) is 5.00. The molecular weight excluding hydrogens is 412 g/mol. The summed E-state index contributed by atoms with van der Waals surface area (Å²) < 4.78 is 4.90. The van der Waals surface area contributed by atoms with Gasteiger partial charge in [-0.25, -0.2) is 0 Å². The maximum absolute atomic E-state index is 12.8. The first-order valence-corrected chi connectivity index (χ1v) is 10.5. The molecule has 6 nitrogen and oxygen atoms in total. The van der Waals surface area contributed by atoms with Gasteiger partial charge in [-0.3, -0.25) is 14.4 Å². The number of nitrogens with one attached hydrogen (secondary N) is 2. The van der Waals surface area contributed by atoms with E-state index in [1.165, 1.54) is 18.9 Å². The summed E-state index contributed by atoms with van der Waals surface area (Å²) in [5.41, 5.74) is 2.32. The van der Waals surface area contributed by atoms with E-state index in [1.54, 1.807) is 18.2 Å². The first-order valence-electron chi connectivity index (χ1n) is 9.70. The zero-order chi connectivity index (χ0) is 21.8. The number of fused-ring (bicyclic) bond motifs is 2. The number of rotatable bonds is 5. The molecule has 2 amide bonds. The van der Waals surface area contributed by atoms with E-state index in [2.05, 4.69) is 10.6 Å². The highest BCUT2D eigenvalue weighted by Crippen LogP contribution is 2.39. The summed E-state index contributed by atoms with van der Waals surface area (Å²) in [7, 11) is 1.32. The molecule has 1 heterocycles. The van der Waals surface area contributed by atoms with Gasteiger partial charge in [0, 0.05) is 21.9 Å². The molecule has 1 aliphatic rings. The standard InChI is InChI=1S/C24H20N2O4S/c1-30-24(29)18(15-7-3-2-4-8-15)14-25-22(27)16-11-12-21-19(13-16)26-23(28)17-9-5-6-10-20(17)31-21/h2-13,18H,14H2,1H3,(H,25,27)(H,26,28). The Hall–Kier alpha value is -3.58. The Balaban J connectivity index is 1.52. The van der Waals surface area contributed by atoms with Crippen molar-refractivity contribution in [3.05, 3.63) is 89.5 Å². The minimum Gasteiger partial charge on any atom is -0.468 e. The van der Waals surface area contributed by atoms with E-state index in [0.29, 0.717) is 16.8 Å². The monoisotopic (exact) mass is 432 g/mol. The molecule has 0 spiro atoms. The molecule has 1 unspecified atom stereocenters. The quantitative estimate of drug-likeness (QED) is 0.593. The lowest BCUT2D eigenvalue weighted by atomic mass is 9.99. The van der Waals surface area contributed by atoms with E-state index >= 15 is 0 Å². The number of ether oxygens (including phenoxy) is 1. The number of anilines is 1. The molecule has 0 fully saturated rings. The van der Waals surface area contributed by atoms with Crippen LogP contribution in [-0.4, -0.2) is 31.4 Å². The van der Waals surface area contributed by atoms with Gasteiger partial charge in [0.1, 0.15) is 0 Å². The Labute approximate surface area is 184 Å². The van der Waals surface area contributed by atoms with E-state index in [9.17, 15) is 14.4 Å². The lowest BCUT2D eigenvalue weighted by Gasteiger charge is -2.16. The summed E-state index contributed by atoms with van der Waals surface area (Å²) in [5.74, 6) is -1.58. The maximum Gasteiger partial charge on any atom is 0.314 e. The van der Waals surface area contributed by atoms with Crippen LogP contribution in [0.4, 0.5) is 5.69 Å². The summed E-state index contributed by atoms with van der Waals surface area (Å²) in [6.07, 6.45) is 0. The molecule has 31 heavy (non-hydrogen) atoms. The maximum atomic E-state index is 12.8. The van der Waals surface area contributed by atoms with Gasteiger partial charge in [-0.1, -0.05) is 54.2 Å². The number of carbonyl (C=O) groups excluding carboxylic acids is 3.